The molecule has 2 aromatic carbocycles. The predicted molar refractivity (Wildman–Crippen MR) is 99.0 cm³/mol. The maximum atomic E-state index is 5.58. The van der Waals surface area contributed by atoms with Gasteiger partial charge >= 0.3 is 0 Å². The molecular weight excluding hydrogens is 324 g/mol. The molecule has 3 aromatic rings. The average molecular weight is 340 g/mol. The van der Waals surface area contributed by atoms with Crippen LogP contribution in [0, 0.1) is 0 Å². The molecule has 1 aliphatic rings. The fourth-order valence-electron chi connectivity index (χ4n) is 3.00. The van der Waals surface area contributed by atoms with E-state index in [1.54, 1.807) is 0 Å². The van der Waals surface area contributed by atoms with E-state index in [0.717, 1.165) is 40.5 Å². The van der Waals surface area contributed by atoms with Gasteiger partial charge in [0.05, 0.1) is 4.70 Å². The second-order valence-electron chi connectivity index (χ2n) is 5.73. The Morgan fingerprint density at radius 3 is 2.96 bits per heavy atom. The van der Waals surface area contributed by atoms with Gasteiger partial charge in [-0.3, -0.25) is 0 Å². The van der Waals surface area contributed by atoms with Crippen molar-refractivity contribution < 1.29 is 0 Å². The van der Waals surface area contributed by atoms with E-state index in [1.165, 1.54) is 17.1 Å². The van der Waals surface area contributed by atoms with Crippen molar-refractivity contribution in [1.29, 1.82) is 0 Å². The molecule has 6 heteroatoms. The summed E-state index contributed by atoms with van der Waals surface area (Å²) in [5.41, 5.74) is 3.28. The molecule has 116 valence electrons. The number of hydrogen-bond donors (Lipinski definition) is 1. The van der Waals surface area contributed by atoms with E-state index >= 15 is 0 Å². The fourth-order valence-corrected chi connectivity index (χ4v) is 3.83. The molecule has 1 atom stereocenters. The Labute approximate surface area is 144 Å². The topological polar surface area (TPSA) is 41.1 Å². The molecule has 1 aromatic heterocycles. The molecule has 1 N–H and O–H groups in total. The molecule has 0 saturated carbocycles. The number of nitrogens with zero attached hydrogens (tertiary/aromatic N) is 3. The molecule has 1 saturated heterocycles. The van der Waals surface area contributed by atoms with Crippen molar-refractivity contribution in [2.75, 3.05) is 18.4 Å². The number of likely N-dealkylation sites (tertiary alicyclic amines) is 1. The number of fused-ring (bicyclic) bond motifs is 1. The Kier molecular flexibility index (Phi) is 3.93. The zero-order chi connectivity index (χ0) is 15.6. The molecule has 0 unspecified atom stereocenters. The highest BCUT2D eigenvalue weighted by molar-refractivity contribution is 7.80. The maximum Gasteiger partial charge on any atom is 0.173 e. The van der Waals surface area contributed by atoms with Crippen LogP contribution in [0.4, 0.5) is 5.69 Å². The molecule has 0 radical (unpaired) electrons. The summed E-state index contributed by atoms with van der Waals surface area (Å²) in [6.45, 7) is 1.96. The molecule has 2 heterocycles. The number of aromatic nitrogens is 2. The quantitative estimate of drug-likeness (QED) is 0.717. The number of thiocarbonyl (C=S) groups is 1. The molecule has 0 bridgehead atoms. The van der Waals surface area contributed by atoms with E-state index in [9.17, 15) is 0 Å². The SMILES string of the molecule is S=C(Nc1ccc2snnc2c1)N1CC[C@H](c2ccccc2)C1. The van der Waals surface area contributed by atoms with E-state index in [0.29, 0.717) is 5.92 Å². The molecule has 0 aliphatic carbocycles. The number of hydrogen-bond acceptors (Lipinski definition) is 4. The maximum absolute atomic E-state index is 5.58. The van der Waals surface area contributed by atoms with Crippen molar-refractivity contribution in [3.05, 3.63) is 54.1 Å². The van der Waals surface area contributed by atoms with E-state index in [-0.39, 0.29) is 0 Å². The van der Waals surface area contributed by atoms with Gasteiger partial charge in [-0.1, -0.05) is 34.8 Å². The lowest BCUT2D eigenvalue weighted by Gasteiger charge is -2.20. The van der Waals surface area contributed by atoms with Gasteiger partial charge in [0.15, 0.2) is 5.11 Å². The third-order valence-corrected chi connectivity index (χ3v) is 5.31. The number of nitrogens with one attached hydrogen (secondary N) is 1. The first-order valence-electron chi connectivity index (χ1n) is 7.62. The first kappa shape index (κ1) is 14.5. The molecule has 23 heavy (non-hydrogen) atoms. The van der Waals surface area contributed by atoms with Crippen LogP contribution in [-0.4, -0.2) is 32.7 Å². The highest BCUT2D eigenvalue weighted by Gasteiger charge is 2.25. The number of rotatable bonds is 2. The van der Waals surface area contributed by atoms with Crippen LogP contribution in [0.1, 0.15) is 17.9 Å². The number of anilines is 1. The third kappa shape index (κ3) is 3.04. The highest BCUT2D eigenvalue weighted by atomic mass is 32.1. The van der Waals surface area contributed by atoms with Gasteiger partial charge < -0.3 is 10.2 Å². The fraction of sp³-hybridized carbons (Fsp3) is 0.235. The average Bonchev–Trinajstić information content (AvgIpc) is 3.24. The largest absolute Gasteiger partial charge is 0.348 e. The highest BCUT2D eigenvalue weighted by Crippen LogP contribution is 2.27. The Morgan fingerprint density at radius 2 is 2.09 bits per heavy atom. The van der Waals surface area contributed by atoms with Gasteiger partial charge in [0.1, 0.15) is 5.52 Å². The Morgan fingerprint density at radius 1 is 1.22 bits per heavy atom. The second-order valence-corrected chi connectivity index (χ2v) is 6.90. The Balaban J connectivity index is 1.43. The van der Waals surface area contributed by atoms with Gasteiger partial charge in [0, 0.05) is 24.7 Å². The second kappa shape index (κ2) is 6.22. The molecule has 1 aliphatic heterocycles. The van der Waals surface area contributed by atoms with Crippen molar-refractivity contribution in [2.24, 2.45) is 0 Å². The monoisotopic (exact) mass is 340 g/mol. The number of benzene rings is 2. The normalized spacial score (nSPS) is 17.6. The minimum absolute atomic E-state index is 0.557. The predicted octanol–water partition coefficient (Wildman–Crippen LogP) is 3.88. The molecular formula is C17H16N4S2. The minimum Gasteiger partial charge on any atom is -0.348 e. The van der Waals surface area contributed by atoms with Crippen molar-refractivity contribution in [3.63, 3.8) is 0 Å². The standard InChI is InChI=1S/C17H16N4S2/c22-17(18-14-6-7-16-15(10-14)19-20-23-16)21-9-8-13(11-21)12-4-2-1-3-5-12/h1-7,10,13H,8-9,11H2,(H,18,22)/t13-/m0/s1. The van der Waals surface area contributed by atoms with Gasteiger partial charge in [-0.25, -0.2) is 0 Å². The van der Waals surface area contributed by atoms with Gasteiger partial charge in [0.2, 0.25) is 0 Å². The van der Waals surface area contributed by atoms with Crippen LogP contribution >= 0.6 is 23.8 Å². The molecule has 4 rings (SSSR count). The van der Waals surface area contributed by atoms with Crippen LogP contribution in [0.5, 0.6) is 0 Å². The van der Waals surface area contributed by atoms with Crippen LogP contribution < -0.4 is 5.32 Å². The molecule has 0 spiro atoms. The van der Waals surface area contributed by atoms with Gasteiger partial charge in [-0.15, -0.1) is 5.10 Å². The van der Waals surface area contributed by atoms with E-state index in [4.69, 9.17) is 12.2 Å². The third-order valence-electron chi connectivity index (χ3n) is 4.24. The van der Waals surface area contributed by atoms with Crippen LogP contribution in [0.25, 0.3) is 10.2 Å². The first-order valence-corrected chi connectivity index (χ1v) is 8.81. The van der Waals surface area contributed by atoms with E-state index in [1.807, 2.05) is 18.2 Å². The van der Waals surface area contributed by atoms with Crippen molar-refractivity contribution in [3.8, 4) is 0 Å². The lowest BCUT2D eigenvalue weighted by Crippen LogP contribution is -2.32. The van der Waals surface area contributed by atoms with Crippen LogP contribution in [-0.2, 0) is 0 Å². The lowest BCUT2D eigenvalue weighted by molar-refractivity contribution is 0.518. The summed E-state index contributed by atoms with van der Waals surface area (Å²) in [5, 5.41) is 8.22. The lowest BCUT2D eigenvalue weighted by atomic mass is 9.99. The van der Waals surface area contributed by atoms with Crippen LogP contribution in [0.15, 0.2) is 48.5 Å². The molecule has 0 amide bonds. The van der Waals surface area contributed by atoms with Crippen LogP contribution in [0.3, 0.4) is 0 Å². The van der Waals surface area contributed by atoms with Gasteiger partial charge in [0.25, 0.3) is 0 Å². The van der Waals surface area contributed by atoms with Crippen molar-refractivity contribution in [1.82, 2.24) is 14.5 Å². The zero-order valence-electron chi connectivity index (χ0n) is 12.5. The summed E-state index contributed by atoms with van der Waals surface area (Å²) in [4.78, 5) is 2.25. The van der Waals surface area contributed by atoms with Crippen molar-refractivity contribution in [2.45, 2.75) is 12.3 Å². The summed E-state index contributed by atoms with van der Waals surface area (Å²) >= 11 is 6.99. The van der Waals surface area contributed by atoms with Gasteiger partial charge in [-0.2, -0.15) is 0 Å². The smallest absolute Gasteiger partial charge is 0.173 e. The first-order chi connectivity index (χ1) is 11.3. The summed E-state index contributed by atoms with van der Waals surface area (Å²) < 4.78 is 5.05. The molecule has 4 nitrogen and oxygen atoms in total. The Bertz CT molecular complexity index is 831. The van der Waals surface area contributed by atoms with Crippen LogP contribution in [0.2, 0.25) is 0 Å². The summed E-state index contributed by atoms with van der Waals surface area (Å²) in [6.07, 6.45) is 1.14. The summed E-state index contributed by atoms with van der Waals surface area (Å²) in [5.74, 6) is 0.557. The van der Waals surface area contributed by atoms with E-state index in [2.05, 4.69) is 50.1 Å². The van der Waals surface area contributed by atoms with E-state index < -0.39 is 0 Å². The molecule has 1 fully saturated rings. The Hall–Kier alpha value is -2.05. The van der Waals surface area contributed by atoms with Crippen molar-refractivity contribution >= 4 is 44.8 Å². The summed E-state index contributed by atoms with van der Waals surface area (Å²) in [6, 6.07) is 16.7. The minimum atomic E-state index is 0.557. The van der Waals surface area contributed by atoms with Gasteiger partial charge in [-0.05, 0) is 53.9 Å². The zero-order valence-corrected chi connectivity index (χ0v) is 14.1. The summed E-state index contributed by atoms with van der Waals surface area (Å²) in [7, 11) is 0.